The zero-order valence-corrected chi connectivity index (χ0v) is 8.83. The van der Waals surface area contributed by atoms with Crippen LogP contribution in [0.5, 0.6) is 0 Å². The van der Waals surface area contributed by atoms with E-state index in [2.05, 4.69) is 9.97 Å². The molecule has 0 spiro atoms. The van der Waals surface area contributed by atoms with Gasteiger partial charge in [-0.25, -0.2) is 0 Å². The smallest absolute Gasteiger partial charge is 0.229 e. The highest BCUT2D eigenvalue weighted by Crippen LogP contribution is 2.19. The third kappa shape index (κ3) is 1.69. The maximum absolute atomic E-state index is 12.1. The van der Waals surface area contributed by atoms with Crippen molar-refractivity contribution < 1.29 is 9.21 Å². The standard InChI is InChI=1S/C13H8N2O2/c16-13(10-2-1-4-14-7-10)11-6-9-3-5-15-8-12(9)17-11/h1-8H. The number of carbonyl (C=O) groups is 1. The highest BCUT2D eigenvalue weighted by Gasteiger charge is 2.14. The summed E-state index contributed by atoms with van der Waals surface area (Å²) in [5.41, 5.74) is 1.12. The van der Waals surface area contributed by atoms with Crippen molar-refractivity contribution in [1.82, 2.24) is 9.97 Å². The molecule has 0 N–H and O–H groups in total. The minimum Gasteiger partial charge on any atom is -0.451 e. The van der Waals surface area contributed by atoms with Crippen LogP contribution in [-0.4, -0.2) is 15.8 Å². The SMILES string of the molecule is O=C(c1cccnc1)c1cc2ccncc2o1. The second kappa shape index (κ2) is 3.83. The van der Waals surface area contributed by atoms with Gasteiger partial charge in [-0.1, -0.05) is 0 Å². The van der Waals surface area contributed by atoms with Gasteiger partial charge in [-0.2, -0.15) is 0 Å². The second-order valence-electron chi connectivity index (χ2n) is 3.59. The Morgan fingerprint density at radius 2 is 2.00 bits per heavy atom. The summed E-state index contributed by atoms with van der Waals surface area (Å²) in [6.07, 6.45) is 6.40. The van der Waals surface area contributed by atoms with E-state index in [1.165, 1.54) is 6.20 Å². The number of aromatic nitrogens is 2. The molecule has 0 atom stereocenters. The van der Waals surface area contributed by atoms with Crippen molar-refractivity contribution in [2.45, 2.75) is 0 Å². The summed E-state index contributed by atoms with van der Waals surface area (Å²) < 4.78 is 5.44. The van der Waals surface area contributed by atoms with Crippen LogP contribution in [-0.2, 0) is 0 Å². The van der Waals surface area contributed by atoms with Gasteiger partial charge in [0.15, 0.2) is 11.3 Å². The Labute approximate surface area is 96.9 Å². The van der Waals surface area contributed by atoms with Crippen molar-refractivity contribution in [3.63, 3.8) is 0 Å². The molecule has 82 valence electrons. The third-order valence-corrected chi connectivity index (χ3v) is 2.47. The van der Waals surface area contributed by atoms with Crippen LogP contribution in [0.4, 0.5) is 0 Å². The van der Waals surface area contributed by atoms with E-state index in [0.29, 0.717) is 16.9 Å². The number of hydrogen-bond donors (Lipinski definition) is 0. The Balaban J connectivity index is 2.07. The number of carbonyl (C=O) groups excluding carboxylic acids is 1. The Bertz CT molecular complexity index is 641. The van der Waals surface area contributed by atoms with Crippen LogP contribution >= 0.6 is 0 Å². The zero-order chi connectivity index (χ0) is 11.7. The predicted molar refractivity (Wildman–Crippen MR) is 61.7 cm³/mol. The molecule has 4 heteroatoms. The lowest BCUT2D eigenvalue weighted by Crippen LogP contribution is -1.99. The van der Waals surface area contributed by atoms with Crippen molar-refractivity contribution in [2.75, 3.05) is 0 Å². The van der Waals surface area contributed by atoms with Crippen molar-refractivity contribution in [1.29, 1.82) is 0 Å². The van der Waals surface area contributed by atoms with Gasteiger partial charge in [-0.15, -0.1) is 0 Å². The maximum atomic E-state index is 12.1. The summed E-state index contributed by atoms with van der Waals surface area (Å²) in [4.78, 5) is 19.9. The summed E-state index contributed by atoms with van der Waals surface area (Å²) >= 11 is 0. The van der Waals surface area contributed by atoms with E-state index in [0.717, 1.165) is 5.39 Å². The van der Waals surface area contributed by atoms with Gasteiger partial charge < -0.3 is 4.42 Å². The number of pyridine rings is 2. The van der Waals surface area contributed by atoms with E-state index >= 15 is 0 Å². The van der Waals surface area contributed by atoms with E-state index in [4.69, 9.17) is 4.42 Å². The number of furan rings is 1. The number of ketones is 1. The Morgan fingerprint density at radius 1 is 1.12 bits per heavy atom. The summed E-state index contributed by atoms with van der Waals surface area (Å²) in [6.45, 7) is 0. The van der Waals surface area contributed by atoms with Gasteiger partial charge in [0.05, 0.1) is 6.20 Å². The van der Waals surface area contributed by atoms with Crippen LogP contribution in [0.3, 0.4) is 0 Å². The van der Waals surface area contributed by atoms with Crippen molar-refractivity contribution in [3.8, 4) is 0 Å². The van der Waals surface area contributed by atoms with Gasteiger partial charge in [0.2, 0.25) is 5.78 Å². The molecule has 0 fully saturated rings. The molecule has 3 rings (SSSR count). The molecular formula is C13H8N2O2. The molecule has 0 aliphatic heterocycles. The number of rotatable bonds is 2. The first-order chi connectivity index (χ1) is 8.34. The highest BCUT2D eigenvalue weighted by molar-refractivity contribution is 6.08. The molecule has 3 aromatic heterocycles. The minimum absolute atomic E-state index is 0.172. The van der Waals surface area contributed by atoms with Gasteiger partial charge in [-0.05, 0) is 24.3 Å². The monoisotopic (exact) mass is 224 g/mol. The van der Waals surface area contributed by atoms with Gasteiger partial charge in [0, 0.05) is 29.5 Å². The Kier molecular flexibility index (Phi) is 2.19. The second-order valence-corrected chi connectivity index (χ2v) is 3.59. The predicted octanol–water partition coefficient (Wildman–Crippen LogP) is 2.45. The topological polar surface area (TPSA) is 56.0 Å². The van der Waals surface area contributed by atoms with Crippen LogP contribution < -0.4 is 0 Å². The van der Waals surface area contributed by atoms with E-state index in [9.17, 15) is 4.79 Å². The molecule has 0 saturated heterocycles. The third-order valence-electron chi connectivity index (χ3n) is 2.47. The zero-order valence-electron chi connectivity index (χ0n) is 8.83. The largest absolute Gasteiger partial charge is 0.451 e. The van der Waals surface area contributed by atoms with Crippen LogP contribution in [0, 0.1) is 0 Å². The van der Waals surface area contributed by atoms with Gasteiger partial charge >= 0.3 is 0 Å². The van der Waals surface area contributed by atoms with Crippen LogP contribution in [0.25, 0.3) is 11.0 Å². The Hall–Kier alpha value is -2.49. The molecule has 17 heavy (non-hydrogen) atoms. The summed E-state index contributed by atoms with van der Waals surface area (Å²) in [5.74, 6) is 0.135. The minimum atomic E-state index is -0.172. The van der Waals surface area contributed by atoms with Gasteiger partial charge in [0.25, 0.3) is 0 Å². The molecule has 0 radical (unpaired) electrons. The maximum Gasteiger partial charge on any atom is 0.229 e. The highest BCUT2D eigenvalue weighted by atomic mass is 16.3. The molecule has 4 nitrogen and oxygen atoms in total. The van der Waals surface area contributed by atoms with Crippen LogP contribution in [0.1, 0.15) is 16.1 Å². The Morgan fingerprint density at radius 3 is 2.76 bits per heavy atom. The van der Waals surface area contributed by atoms with E-state index in [-0.39, 0.29) is 5.78 Å². The molecule has 3 heterocycles. The molecule has 0 unspecified atom stereocenters. The quantitative estimate of drug-likeness (QED) is 0.627. The van der Waals surface area contributed by atoms with Gasteiger partial charge in [-0.3, -0.25) is 14.8 Å². The molecule has 0 aliphatic carbocycles. The van der Waals surface area contributed by atoms with E-state index < -0.39 is 0 Å². The first-order valence-corrected chi connectivity index (χ1v) is 5.13. The van der Waals surface area contributed by atoms with Crippen LogP contribution in [0.2, 0.25) is 0 Å². The van der Waals surface area contributed by atoms with Crippen LogP contribution in [0.15, 0.2) is 53.5 Å². The summed E-state index contributed by atoms with van der Waals surface area (Å²) in [7, 11) is 0. The molecular weight excluding hydrogens is 216 g/mol. The average Bonchev–Trinajstić information content (AvgIpc) is 2.82. The first kappa shape index (κ1) is 9.72. The number of nitrogens with zero attached hydrogens (tertiary/aromatic N) is 2. The molecule has 0 saturated carbocycles. The lowest BCUT2D eigenvalue weighted by Gasteiger charge is -1.94. The molecule has 0 aromatic carbocycles. The van der Waals surface area contributed by atoms with Gasteiger partial charge in [0.1, 0.15) is 0 Å². The summed E-state index contributed by atoms with van der Waals surface area (Å²) in [5, 5.41) is 0.868. The average molecular weight is 224 g/mol. The molecule has 0 amide bonds. The fourth-order valence-corrected chi connectivity index (χ4v) is 1.64. The number of fused-ring (bicyclic) bond motifs is 1. The first-order valence-electron chi connectivity index (χ1n) is 5.13. The molecule has 0 bridgehead atoms. The molecule has 0 aliphatic rings. The van der Waals surface area contributed by atoms with E-state index in [1.807, 2.05) is 0 Å². The lowest BCUT2D eigenvalue weighted by molar-refractivity contribution is 0.101. The normalized spacial score (nSPS) is 10.6. The van der Waals surface area contributed by atoms with Crippen molar-refractivity contribution >= 4 is 16.8 Å². The fourth-order valence-electron chi connectivity index (χ4n) is 1.64. The number of hydrogen-bond acceptors (Lipinski definition) is 4. The molecule has 3 aromatic rings. The summed E-state index contributed by atoms with van der Waals surface area (Å²) in [6, 6.07) is 6.95. The lowest BCUT2D eigenvalue weighted by atomic mass is 10.1. The van der Waals surface area contributed by atoms with Crippen molar-refractivity contribution in [2.24, 2.45) is 0 Å². The van der Waals surface area contributed by atoms with Crippen molar-refractivity contribution in [3.05, 3.63) is 60.4 Å². The van der Waals surface area contributed by atoms with E-state index in [1.54, 1.807) is 42.9 Å². The fraction of sp³-hybridized carbons (Fsp3) is 0.